The Hall–Kier alpha value is -1.88. The second kappa shape index (κ2) is 5.64. The van der Waals surface area contributed by atoms with Crippen LogP contribution in [0.5, 0.6) is 0 Å². The summed E-state index contributed by atoms with van der Waals surface area (Å²) in [5.41, 5.74) is 7.12. The lowest BCUT2D eigenvalue weighted by atomic mass is 10.1. The van der Waals surface area contributed by atoms with Crippen molar-refractivity contribution in [3.05, 3.63) is 30.0 Å². The predicted molar refractivity (Wildman–Crippen MR) is 71.3 cm³/mol. The van der Waals surface area contributed by atoms with E-state index in [1.807, 2.05) is 6.07 Å². The minimum Gasteiger partial charge on any atom is -0.348 e. The van der Waals surface area contributed by atoms with Gasteiger partial charge in [-0.2, -0.15) is 5.10 Å². The van der Waals surface area contributed by atoms with Crippen LogP contribution in [0.1, 0.15) is 30.1 Å². The molecule has 5 nitrogen and oxygen atoms in total. The van der Waals surface area contributed by atoms with E-state index < -0.39 is 0 Å². The zero-order valence-electron chi connectivity index (χ0n) is 10.4. The average Bonchev–Trinajstić information content (AvgIpc) is 2.85. The molecule has 2 aromatic rings. The van der Waals surface area contributed by atoms with Gasteiger partial charge in [-0.05, 0) is 18.6 Å². The van der Waals surface area contributed by atoms with E-state index in [9.17, 15) is 4.79 Å². The summed E-state index contributed by atoms with van der Waals surface area (Å²) in [5, 5.41) is 10.7. The van der Waals surface area contributed by atoms with Gasteiger partial charge in [0.05, 0.1) is 11.7 Å². The van der Waals surface area contributed by atoms with Crippen LogP contribution in [0, 0.1) is 0 Å². The zero-order chi connectivity index (χ0) is 13.0. The quantitative estimate of drug-likeness (QED) is 0.746. The number of aromatic nitrogens is 2. The normalized spacial score (nSPS) is 12.6. The monoisotopic (exact) mass is 246 g/mol. The minimum absolute atomic E-state index is 0.0416. The third-order valence-corrected chi connectivity index (χ3v) is 2.96. The molecule has 1 aromatic heterocycles. The van der Waals surface area contributed by atoms with Crippen LogP contribution < -0.4 is 11.1 Å². The largest absolute Gasteiger partial charge is 0.348 e. The van der Waals surface area contributed by atoms with E-state index in [4.69, 9.17) is 5.73 Å². The van der Waals surface area contributed by atoms with Gasteiger partial charge in [0.2, 0.25) is 0 Å². The molecule has 0 aliphatic heterocycles. The molecule has 1 unspecified atom stereocenters. The van der Waals surface area contributed by atoms with Gasteiger partial charge in [-0.25, -0.2) is 0 Å². The smallest absolute Gasteiger partial charge is 0.251 e. The maximum Gasteiger partial charge on any atom is 0.251 e. The Labute approximate surface area is 106 Å². The molecule has 2 rings (SSSR count). The molecule has 1 heterocycles. The number of nitrogens with two attached hydrogens (primary N) is 1. The third kappa shape index (κ3) is 2.68. The summed E-state index contributed by atoms with van der Waals surface area (Å²) >= 11 is 0. The Morgan fingerprint density at radius 2 is 2.39 bits per heavy atom. The molecule has 0 fully saturated rings. The summed E-state index contributed by atoms with van der Waals surface area (Å²) in [6.07, 6.45) is 3.63. The van der Waals surface area contributed by atoms with E-state index in [0.717, 1.165) is 23.7 Å². The van der Waals surface area contributed by atoms with Crippen molar-refractivity contribution in [3.8, 4) is 0 Å². The van der Waals surface area contributed by atoms with Crippen LogP contribution in [0.15, 0.2) is 24.4 Å². The molecule has 5 heteroatoms. The lowest BCUT2D eigenvalue weighted by Gasteiger charge is -2.15. The first-order chi connectivity index (χ1) is 8.74. The number of rotatable bonds is 5. The van der Waals surface area contributed by atoms with Crippen molar-refractivity contribution in [2.45, 2.75) is 25.8 Å². The summed E-state index contributed by atoms with van der Waals surface area (Å²) in [5.74, 6) is -0.0876. The number of benzene rings is 1. The molecule has 0 aliphatic carbocycles. The van der Waals surface area contributed by atoms with E-state index in [1.54, 1.807) is 18.3 Å². The van der Waals surface area contributed by atoms with E-state index in [2.05, 4.69) is 22.4 Å². The van der Waals surface area contributed by atoms with E-state index in [-0.39, 0.29) is 11.9 Å². The molecule has 1 atom stereocenters. The van der Waals surface area contributed by atoms with Crippen LogP contribution in [0.25, 0.3) is 10.9 Å². The average molecular weight is 246 g/mol. The molecule has 0 radical (unpaired) electrons. The molecule has 0 spiro atoms. The lowest BCUT2D eigenvalue weighted by molar-refractivity contribution is 0.0936. The number of hydrogen-bond donors (Lipinski definition) is 3. The highest BCUT2D eigenvalue weighted by molar-refractivity contribution is 5.97. The van der Waals surface area contributed by atoms with Crippen molar-refractivity contribution < 1.29 is 4.79 Å². The highest BCUT2D eigenvalue weighted by atomic mass is 16.1. The number of carbonyl (C=O) groups excluding carboxylic acids is 1. The molecule has 0 aliphatic rings. The van der Waals surface area contributed by atoms with Gasteiger partial charge in [0.15, 0.2) is 0 Å². The second-order valence-electron chi connectivity index (χ2n) is 4.37. The van der Waals surface area contributed by atoms with Gasteiger partial charge >= 0.3 is 0 Å². The maximum atomic E-state index is 12.1. The molecule has 0 saturated carbocycles. The molecule has 1 aromatic carbocycles. The Morgan fingerprint density at radius 1 is 1.56 bits per heavy atom. The standard InChI is InChI=1S/C13H18N4O/c1-2-3-11(7-14)16-13(18)9-4-5-10-8-15-17-12(10)6-9/h4-6,8,11H,2-3,7,14H2,1H3,(H,15,17)(H,16,18). The Balaban J connectivity index is 2.12. The number of nitrogens with zero attached hydrogens (tertiary/aromatic N) is 1. The summed E-state index contributed by atoms with van der Waals surface area (Å²) in [4.78, 5) is 12.1. The maximum absolute atomic E-state index is 12.1. The van der Waals surface area contributed by atoms with Gasteiger partial charge in [0.25, 0.3) is 5.91 Å². The summed E-state index contributed by atoms with van der Waals surface area (Å²) < 4.78 is 0. The van der Waals surface area contributed by atoms with Gasteiger partial charge < -0.3 is 11.1 Å². The van der Waals surface area contributed by atoms with Crippen LogP contribution in [0.2, 0.25) is 0 Å². The molecule has 1 amide bonds. The number of nitrogens with one attached hydrogen (secondary N) is 2. The zero-order valence-corrected chi connectivity index (χ0v) is 10.4. The fraction of sp³-hybridized carbons (Fsp3) is 0.385. The SMILES string of the molecule is CCCC(CN)NC(=O)c1ccc2cn[nH]c2c1. The number of aromatic amines is 1. The fourth-order valence-electron chi connectivity index (χ4n) is 1.94. The number of amides is 1. The third-order valence-electron chi connectivity index (χ3n) is 2.96. The molecule has 0 bridgehead atoms. The highest BCUT2D eigenvalue weighted by Gasteiger charge is 2.12. The first kappa shape index (κ1) is 12.6. The molecular weight excluding hydrogens is 228 g/mol. The van der Waals surface area contributed by atoms with Crippen LogP contribution in [-0.4, -0.2) is 28.7 Å². The van der Waals surface area contributed by atoms with Crippen molar-refractivity contribution in [1.29, 1.82) is 0 Å². The van der Waals surface area contributed by atoms with Crippen LogP contribution >= 0.6 is 0 Å². The van der Waals surface area contributed by atoms with Crippen LogP contribution in [0.3, 0.4) is 0 Å². The van der Waals surface area contributed by atoms with Crippen molar-refractivity contribution in [2.24, 2.45) is 5.73 Å². The van der Waals surface area contributed by atoms with E-state index >= 15 is 0 Å². The van der Waals surface area contributed by atoms with Gasteiger partial charge in [-0.15, -0.1) is 0 Å². The molecule has 18 heavy (non-hydrogen) atoms. The number of fused-ring (bicyclic) bond motifs is 1. The van der Waals surface area contributed by atoms with Gasteiger partial charge in [0.1, 0.15) is 0 Å². The highest BCUT2D eigenvalue weighted by Crippen LogP contribution is 2.12. The number of carbonyl (C=O) groups is 1. The number of H-pyrrole nitrogens is 1. The fourth-order valence-corrected chi connectivity index (χ4v) is 1.94. The lowest BCUT2D eigenvalue weighted by Crippen LogP contribution is -2.40. The Morgan fingerprint density at radius 3 is 3.11 bits per heavy atom. The Bertz CT molecular complexity index is 535. The van der Waals surface area contributed by atoms with Gasteiger partial charge in [-0.1, -0.05) is 19.4 Å². The molecular formula is C13H18N4O. The van der Waals surface area contributed by atoms with Crippen LogP contribution in [-0.2, 0) is 0 Å². The molecule has 4 N–H and O–H groups in total. The van der Waals surface area contributed by atoms with Crippen molar-refractivity contribution in [2.75, 3.05) is 6.54 Å². The Kier molecular flexibility index (Phi) is 3.94. The first-order valence-electron chi connectivity index (χ1n) is 6.18. The van der Waals surface area contributed by atoms with E-state index in [0.29, 0.717) is 12.1 Å². The molecule has 0 saturated heterocycles. The minimum atomic E-state index is -0.0876. The van der Waals surface area contributed by atoms with Gasteiger partial charge in [0, 0.05) is 23.5 Å². The first-order valence-corrected chi connectivity index (χ1v) is 6.18. The molecule has 96 valence electrons. The van der Waals surface area contributed by atoms with Crippen LogP contribution in [0.4, 0.5) is 0 Å². The predicted octanol–water partition coefficient (Wildman–Crippen LogP) is 1.42. The van der Waals surface area contributed by atoms with Crippen molar-refractivity contribution in [3.63, 3.8) is 0 Å². The number of hydrogen-bond acceptors (Lipinski definition) is 3. The van der Waals surface area contributed by atoms with Crippen molar-refractivity contribution in [1.82, 2.24) is 15.5 Å². The summed E-state index contributed by atoms with van der Waals surface area (Å²) in [6, 6.07) is 5.52. The van der Waals surface area contributed by atoms with Crippen molar-refractivity contribution >= 4 is 16.8 Å². The van der Waals surface area contributed by atoms with E-state index in [1.165, 1.54) is 0 Å². The summed E-state index contributed by atoms with van der Waals surface area (Å²) in [6.45, 7) is 2.54. The second-order valence-corrected chi connectivity index (χ2v) is 4.37. The topological polar surface area (TPSA) is 83.8 Å². The summed E-state index contributed by atoms with van der Waals surface area (Å²) in [7, 11) is 0. The van der Waals surface area contributed by atoms with Gasteiger partial charge in [-0.3, -0.25) is 9.89 Å².